The summed E-state index contributed by atoms with van der Waals surface area (Å²) in [6, 6.07) is 1.60. The molecule has 100 valence electrons. The molecule has 18 heavy (non-hydrogen) atoms. The molecule has 0 saturated heterocycles. The number of amides is 1. The number of nitrogens with zero attached hydrogens (tertiary/aromatic N) is 1. The number of hydrogen-bond acceptors (Lipinski definition) is 3. The van der Waals surface area contributed by atoms with Crippen molar-refractivity contribution in [3.63, 3.8) is 0 Å². The Kier molecular flexibility index (Phi) is 4.94. The van der Waals surface area contributed by atoms with Crippen LogP contribution in [0.3, 0.4) is 0 Å². The third-order valence-corrected chi connectivity index (χ3v) is 2.13. The van der Waals surface area contributed by atoms with Crippen LogP contribution in [0.4, 0.5) is 18.9 Å². The number of hydrogen-bond donors (Lipinski definition) is 2. The molecule has 0 aromatic carbocycles. The molecule has 0 spiro atoms. The molecule has 1 amide bonds. The number of halogens is 3. The van der Waals surface area contributed by atoms with Gasteiger partial charge < -0.3 is 10.6 Å². The number of carbonyl (C=O) groups is 1. The van der Waals surface area contributed by atoms with Crippen LogP contribution in [0.25, 0.3) is 0 Å². The number of nitrogens with one attached hydrogen (secondary N) is 2. The van der Waals surface area contributed by atoms with Crippen LogP contribution in [-0.4, -0.2) is 30.2 Å². The van der Waals surface area contributed by atoms with Crippen LogP contribution in [0, 0.1) is 0 Å². The van der Waals surface area contributed by atoms with Crippen molar-refractivity contribution >= 4 is 11.6 Å². The summed E-state index contributed by atoms with van der Waals surface area (Å²) in [5.74, 6) is -0.566. The zero-order valence-corrected chi connectivity index (χ0v) is 9.84. The molecule has 1 heterocycles. The Hall–Kier alpha value is -1.79. The van der Waals surface area contributed by atoms with E-state index in [9.17, 15) is 18.0 Å². The number of alkyl halides is 3. The van der Waals surface area contributed by atoms with Crippen LogP contribution in [0.5, 0.6) is 0 Å². The topological polar surface area (TPSA) is 54.0 Å². The molecule has 1 rings (SSSR count). The predicted octanol–water partition coefficient (Wildman–Crippen LogP) is 2.20. The standard InChI is InChI=1S/C11H14F3N3O/c1-2-16-9-3-5-15-7-8(9)10(18)17-6-4-11(12,13)14/h3,5,7H,2,4,6H2,1H3,(H,15,16)(H,17,18). The fourth-order valence-corrected chi connectivity index (χ4v) is 1.33. The molecule has 2 N–H and O–H groups in total. The summed E-state index contributed by atoms with van der Waals surface area (Å²) in [6.07, 6.45) is -2.49. The van der Waals surface area contributed by atoms with Gasteiger partial charge in [0.15, 0.2) is 0 Å². The van der Waals surface area contributed by atoms with Gasteiger partial charge in [0.05, 0.1) is 17.7 Å². The van der Waals surface area contributed by atoms with Crippen LogP contribution in [0.2, 0.25) is 0 Å². The Bertz CT molecular complexity index is 407. The lowest BCUT2D eigenvalue weighted by Gasteiger charge is -2.11. The quantitative estimate of drug-likeness (QED) is 0.854. The first-order chi connectivity index (χ1) is 8.44. The summed E-state index contributed by atoms with van der Waals surface area (Å²) in [6.45, 7) is 2.02. The monoisotopic (exact) mass is 261 g/mol. The van der Waals surface area contributed by atoms with E-state index in [4.69, 9.17) is 0 Å². The second kappa shape index (κ2) is 6.23. The molecule has 1 aromatic rings. The van der Waals surface area contributed by atoms with E-state index in [0.717, 1.165) is 0 Å². The molecule has 0 aliphatic rings. The van der Waals surface area contributed by atoms with Crippen molar-refractivity contribution in [2.24, 2.45) is 0 Å². The second-order valence-electron chi connectivity index (χ2n) is 3.57. The summed E-state index contributed by atoms with van der Waals surface area (Å²) < 4.78 is 35.8. The summed E-state index contributed by atoms with van der Waals surface area (Å²) in [5.41, 5.74) is 0.790. The van der Waals surface area contributed by atoms with Crippen LogP contribution < -0.4 is 10.6 Å². The number of aromatic nitrogens is 1. The molecular weight excluding hydrogens is 247 g/mol. The molecule has 7 heteroatoms. The van der Waals surface area contributed by atoms with Gasteiger partial charge in [-0.05, 0) is 13.0 Å². The van der Waals surface area contributed by atoms with Crippen molar-refractivity contribution < 1.29 is 18.0 Å². The first kappa shape index (κ1) is 14.3. The van der Waals surface area contributed by atoms with E-state index in [2.05, 4.69) is 15.6 Å². The van der Waals surface area contributed by atoms with E-state index in [-0.39, 0.29) is 5.56 Å². The Morgan fingerprint density at radius 3 is 2.78 bits per heavy atom. The minimum absolute atomic E-state index is 0.238. The van der Waals surface area contributed by atoms with Crippen molar-refractivity contribution in [3.05, 3.63) is 24.0 Å². The molecule has 0 radical (unpaired) electrons. The van der Waals surface area contributed by atoms with Crippen LogP contribution in [-0.2, 0) is 0 Å². The van der Waals surface area contributed by atoms with Crippen molar-refractivity contribution in [3.8, 4) is 0 Å². The fourth-order valence-electron chi connectivity index (χ4n) is 1.33. The van der Waals surface area contributed by atoms with Gasteiger partial charge in [0.2, 0.25) is 0 Å². The van der Waals surface area contributed by atoms with Gasteiger partial charge in [0.25, 0.3) is 5.91 Å². The maximum absolute atomic E-state index is 11.9. The van der Waals surface area contributed by atoms with E-state index in [1.807, 2.05) is 6.92 Å². The lowest BCUT2D eigenvalue weighted by atomic mass is 10.2. The molecule has 0 atom stereocenters. The van der Waals surface area contributed by atoms with Gasteiger partial charge in [-0.2, -0.15) is 13.2 Å². The Morgan fingerprint density at radius 1 is 1.44 bits per heavy atom. The SMILES string of the molecule is CCNc1ccncc1C(=O)NCCC(F)(F)F. The van der Waals surface area contributed by atoms with Gasteiger partial charge in [0.1, 0.15) is 0 Å². The van der Waals surface area contributed by atoms with E-state index in [0.29, 0.717) is 12.2 Å². The molecule has 4 nitrogen and oxygen atoms in total. The first-order valence-corrected chi connectivity index (χ1v) is 5.47. The average Bonchev–Trinajstić information content (AvgIpc) is 2.28. The summed E-state index contributed by atoms with van der Waals surface area (Å²) >= 11 is 0. The highest BCUT2D eigenvalue weighted by molar-refractivity contribution is 5.99. The predicted molar refractivity (Wildman–Crippen MR) is 61.4 cm³/mol. The highest BCUT2D eigenvalue weighted by Crippen LogP contribution is 2.18. The molecule has 0 bridgehead atoms. The third-order valence-electron chi connectivity index (χ3n) is 2.13. The minimum Gasteiger partial charge on any atom is -0.385 e. The number of rotatable bonds is 5. The Balaban J connectivity index is 2.61. The summed E-state index contributed by atoms with van der Waals surface area (Å²) in [7, 11) is 0. The highest BCUT2D eigenvalue weighted by atomic mass is 19.4. The smallest absolute Gasteiger partial charge is 0.385 e. The third kappa shape index (κ3) is 4.60. The molecule has 0 fully saturated rings. The molecule has 0 aliphatic heterocycles. The van der Waals surface area contributed by atoms with E-state index < -0.39 is 25.0 Å². The van der Waals surface area contributed by atoms with E-state index in [1.54, 1.807) is 6.07 Å². The zero-order chi connectivity index (χ0) is 13.6. The van der Waals surface area contributed by atoms with E-state index in [1.165, 1.54) is 12.4 Å². The van der Waals surface area contributed by atoms with Crippen molar-refractivity contribution in [1.82, 2.24) is 10.3 Å². The molecule has 0 saturated carbocycles. The molecular formula is C11H14F3N3O. The number of pyridine rings is 1. The van der Waals surface area contributed by atoms with Gasteiger partial charge in [-0.3, -0.25) is 9.78 Å². The summed E-state index contributed by atoms with van der Waals surface area (Å²) in [5, 5.41) is 5.16. The lowest BCUT2D eigenvalue weighted by Crippen LogP contribution is -2.28. The minimum atomic E-state index is -4.27. The number of carbonyl (C=O) groups excluding carboxylic acids is 1. The Labute approximate surface area is 103 Å². The largest absolute Gasteiger partial charge is 0.390 e. The lowest BCUT2D eigenvalue weighted by molar-refractivity contribution is -0.132. The Morgan fingerprint density at radius 2 is 2.17 bits per heavy atom. The number of anilines is 1. The molecule has 0 unspecified atom stereocenters. The normalized spacial score (nSPS) is 11.1. The first-order valence-electron chi connectivity index (χ1n) is 5.47. The molecule has 0 aliphatic carbocycles. The summed E-state index contributed by atoms with van der Waals surface area (Å²) in [4.78, 5) is 15.5. The van der Waals surface area contributed by atoms with Crippen LogP contribution >= 0.6 is 0 Å². The van der Waals surface area contributed by atoms with Crippen molar-refractivity contribution in [2.45, 2.75) is 19.5 Å². The maximum Gasteiger partial charge on any atom is 0.390 e. The van der Waals surface area contributed by atoms with Gasteiger partial charge in [-0.15, -0.1) is 0 Å². The van der Waals surface area contributed by atoms with Crippen LogP contribution in [0.15, 0.2) is 18.5 Å². The average molecular weight is 261 g/mol. The van der Waals surface area contributed by atoms with Crippen LogP contribution in [0.1, 0.15) is 23.7 Å². The maximum atomic E-state index is 11.9. The van der Waals surface area contributed by atoms with Gasteiger partial charge in [0, 0.05) is 25.5 Å². The van der Waals surface area contributed by atoms with Crippen molar-refractivity contribution in [1.29, 1.82) is 0 Å². The van der Waals surface area contributed by atoms with Gasteiger partial charge >= 0.3 is 6.18 Å². The van der Waals surface area contributed by atoms with Gasteiger partial charge in [-0.1, -0.05) is 0 Å². The second-order valence-corrected chi connectivity index (χ2v) is 3.57. The fraction of sp³-hybridized carbons (Fsp3) is 0.455. The molecule has 1 aromatic heterocycles. The van der Waals surface area contributed by atoms with E-state index >= 15 is 0 Å². The van der Waals surface area contributed by atoms with Crippen molar-refractivity contribution in [2.75, 3.05) is 18.4 Å². The van der Waals surface area contributed by atoms with Gasteiger partial charge in [-0.25, -0.2) is 0 Å². The highest BCUT2D eigenvalue weighted by Gasteiger charge is 2.26. The zero-order valence-electron chi connectivity index (χ0n) is 9.84.